The smallest absolute Gasteiger partial charge is 0.220 e. The molecule has 0 heterocycles. The average Bonchev–Trinajstić information content (AvgIpc) is 2.96. The van der Waals surface area contributed by atoms with Gasteiger partial charge < -0.3 is 15.5 Å². The molecule has 0 fully saturated rings. The van der Waals surface area contributed by atoms with E-state index in [1.807, 2.05) is 6.08 Å². The minimum Gasteiger partial charge on any atom is -0.394 e. The van der Waals surface area contributed by atoms with Crippen LogP contribution in [0.4, 0.5) is 0 Å². The molecule has 1 amide bonds. The Morgan fingerprint density at radius 3 is 1.57 bits per heavy atom. The number of unbranched alkanes of at least 4 members (excludes halogenated alkanes) is 16. The van der Waals surface area contributed by atoms with Crippen LogP contribution in [-0.2, 0) is 4.79 Å². The molecule has 0 spiro atoms. The third kappa shape index (κ3) is 27.9. The van der Waals surface area contributed by atoms with Gasteiger partial charge in [-0.15, -0.1) is 0 Å². The van der Waals surface area contributed by atoms with Crippen molar-refractivity contribution >= 4 is 5.91 Å². The van der Waals surface area contributed by atoms with Gasteiger partial charge in [0.2, 0.25) is 5.91 Å². The second-order valence-corrected chi connectivity index (χ2v) is 11.2. The fourth-order valence-electron chi connectivity index (χ4n) is 4.68. The molecule has 0 radical (unpaired) electrons. The highest BCUT2D eigenvalue weighted by Crippen LogP contribution is 2.12. The van der Waals surface area contributed by atoms with Gasteiger partial charge in [-0.25, -0.2) is 0 Å². The van der Waals surface area contributed by atoms with Crippen LogP contribution in [0.25, 0.3) is 0 Å². The highest BCUT2D eigenvalue weighted by atomic mass is 16.3. The number of aliphatic hydroxyl groups is 2. The van der Waals surface area contributed by atoms with Gasteiger partial charge in [-0.2, -0.15) is 0 Å². The molecule has 0 aromatic heterocycles. The van der Waals surface area contributed by atoms with E-state index >= 15 is 0 Å². The molecule has 4 heteroatoms. The Balaban J connectivity index is 3.68. The molecule has 0 rings (SSSR count). The molecular formula is C36H65NO3. The first-order chi connectivity index (χ1) is 19.7. The van der Waals surface area contributed by atoms with Gasteiger partial charge >= 0.3 is 0 Å². The zero-order valence-corrected chi connectivity index (χ0v) is 26.3. The van der Waals surface area contributed by atoms with Crippen LogP contribution in [-0.4, -0.2) is 34.9 Å². The maximum Gasteiger partial charge on any atom is 0.220 e. The highest BCUT2D eigenvalue weighted by molar-refractivity contribution is 5.76. The molecule has 0 saturated heterocycles. The number of rotatable bonds is 29. The standard InChI is InChI=1S/C36H65NO3/c1-3-5-7-9-11-13-15-16-17-18-19-20-21-22-24-26-28-30-32-36(40)37-34(33-38)35(39)31-29-27-25-23-14-12-10-8-6-4-2/h6,8,14,19-20,23,29,31,34-35,38-39H,3-5,7,9-13,15-18,21-22,24-28,30,32-33H2,1-2H3,(H,37,40)/b8-6+,20-19-,23-14+,31-29+. The van der Waals surface area contributed by atoms with Gasteiger partial charge in [-0.1, -0.05) is 133 Å². The lowest BCUT2D eigenvalue weighted by atomic mass is 10.1. The third-order valence-corrected chi connectivity index (χ3v) is 7.27. The SMILES string of the molecule is CC/C=C/CC/C=C/CC/C=C/C(O)C(CO)NC(=O)CCCCCCC/C=C\CCCCCCCCCCC. The predicted molar refractivity (Wildman–Crippen MR) is 175 cm³/mol. The Bertz CT molecular complexity index is 652. The maximum absolute atomic E-state index is 12.3. The summed E-state index contributed by atoms with van der Waals surface area (Å²) in [7, 11) is 0. The van der Waals surface area contributed by atoms with Crippen molar-refractivity contribution in [3.8, 4) is 0 Å². The molecule has 0 aromatic rings. The highest BCUT2D eigenvalue weighted by Gasteiger charge is 2.17. The Labute approximate surface area is 248 Å². The van der Waals surface area contributed by atoms with Crippen molar-refractivity contribution in [1.29, 1.82) is 0 Å². The van der Waals surface area contributed by atoms with Crippen LogP contribution < -0.4 is 5.32 Å². The lowest BCUT2D eigenvalue weighted by Crippen LogP contribution is -2.45. The van der Waals surface area contributed by atoms with Gasteiger partial charge in [0.25, 0.3) is 0 Å². The summed E-state index contributed by atoms with van der Waals surface area (Å²) in [6, 6.07) is -0.646. The van der Waals surface area contributed by atoms with Crippen LogP contribution in [0.5, 0.6) is 0 Å². The summed E-state index contributed by atoms with van der Waals surface area (Å²) in [5, 5.41) is 22.7. The summed E-state index contributed by atoms with van der Waals surface area (Å²) < 4.78 is 0. The summed E-state index contributed by atoms with van der Waals surface area (Å²) >= 11 is 0. The monoisotopic (exact) mass is 559 g/mol. The molecule has 0 aliphatic rings. The second kappa shape index (κ2) is 31.9. The van der Waals surface area contributed by atoms with E-state index in [1.54, 1.807) is 6.08 Å². The Kier molecular flexibility index (Phi) is 30.6. The van der Waals surface area contributed by atoms with Crippen LogP contribution in [0.2, 0.25) is 0 Å². The van der Waals surface area contributed by atoms with Crippen LogP contribution >= 0.6 is 0 Å². The molecule has 232 valence electrons. The summed E-state index contributed by atoms with van der Waals surface area (Å²) in [4.78, 5) is 12.3. The van der Waals surface area contributed by atoms with E-state index in [4.69, 9.17) is 0 Å². The number of carbonyl (C=O) groups excluding carboxylic acids is 1. The zero-order valence-electron chi connectivity index (χ0n) is 26.3. The van der Waals surface area contributed by atoms with Gasteiger partial charge in [-0.05, 0) is 64.2 Å². The summed E-state index contributed by atoms with van der Waals surface area (Å²) in [5.74, 6) is -0.0917. The van der Waals surface area contributed by atoms with Crippen molar-refractivity contribution in [2.45, 2.75) is 167 Å². The van der Waals surface area contributed by atoms with Gasteiger partial charge in [0.1, 0.15) is 0 Å². The van der Waals surface area contributed by atoms with E-state index in [0.29, 0.717) is 6.42 Å². The van der Waals surface area contributed by atoms with Gasteiger partial charge in [-0.3, -0.25) is 4.79 Å². The van der Waals surface area contributed by atoms with Crippen molar-refractivity contribution in [3.63, 3.8) is 0 Å². The predicted octanol–water partition coefficient (Wildman–Crippen LogP) is 9.67. The quantitative estimate of drug-likeness (QED) is 0.0631. The van der Waals surface area contributed by atoms with Crippen LogP contribution in [0.3, 0.4) is 0 Å². The molecule has 0 aliphatic carbocycles. The Morgan fingerprint density at radius 2 is 1.05 bits per heavy atom. The second-order valence-electron chi connectivity index (χ2n) is 11.2. The first-order valence-corrected chi connectivity index (χ1v) is 16.9. The maximum atomic E-state index is 12.3. The topological polar surface area (TPSA) is 69.6 Å². The Morgan fingerprint density at radius 1 is 0.600 bits per heavy atom. The minimum absolute atomic E-state index is 0.0917. The molecule has 0 saturated carbocycles. The molecule has 4 nitrogen and oxygen atoms in total. The van der Waals surface area contributed by atoms with Crippen molar-refractivity contribution in [2.75, 3.05) is 6.61 Å². The number of carbonyl (C=O) groups is 1. The number of amides is 1. The molecule has 40 heavy (non-hydrogen) atoms. The lowest BCUT2D eigenvalue weighted by Gasteiger charge is -2.19. The van der Waals surface area contributed by atoms with Gasteiger partial charge in [0.05, 0.1) is 18.8 Å². The Hall–Kier alpha value is -1.65. The van der Waals surface area contributed by atoms with E-state index in [0.717, 1.165) is 57.8 Å². The fraction of sp³-hybridized carbons (Fsp3) is 0.750. The molecule has 2 atom stereocenters. The largest absolute Gasteiger partial charge is 0.394 e. The number of hydrogen-bond acceptors (Lipinski definition) is 3. The lowest BCUT2D eigenvalue weighted by molar-refractivity contribution is -0.123. The summed E-state index contributed by atoms with van der Waals surface area (Å²) in [5.41, 5.74) is 0. The zero-order chi connectivity index (χ0) is 29.4. The van der Waals surface area contributed by atoms with Gasteiger partial charge in [0, 0.05) is 6.42 Å². The van der Waals surface area contributed by atoms with Crippen molar-refractivity contribution in [1.82, 2.24) is 5.32 Å². The molecule has 0 bridgehead atoms. The molecule has 0 aliphatic heterocycles. The van der Waals surface area contributed by atoms with E-state index in [2.05, 4.69) is 55.6 Å². The van der Waals surface area contributed by atoms with E-state index in [1.165, 1.54) is 77.0 Å². The number of aliphatic hydroxyl groups excluding tert-OH is 2. The number of allylic oxidation sites excluding steroid dienone is 7. The van der Waals surface area contributed by atoms with Crippen molar-refractivity contribution < 1.29 is 15.0 Å². The first kappa shape index (κ1) is 38.4. The van der Waals surface area contributed by atoms with Gasteiger partial charge in [0.15, 0.2) is 0 Å². The van der Waals surface area contributed by atoms with Crippen LogP contribution in [0.1, 0.15) is 155 Å². The van der Waals surface area contributed by atoms with Crippen LogP contribution in [0, 0.1) is 0 Å². The van der Waals surface area contributed by atoms with Crippen molar-refractivity contribution in [2.24, 2.45) is 0 Å². The molecule has 0 aromatic carbocycles. The minimum atomic E-state index is -0.870. The summed E-state index contributed by atoms with van der Waals surface area (Å²) in [6.07, 6.45) is 42.0. The first-order valence-electron chi connectivity index (χ1n) is 16.9. The molecular weight excluding hydrogens is 494 g/mol. The summed E-state index contributed by atoms with van der Waals surface area (Å²) in [6.45, 7) is 4.15. The third-order valence-electron chi connectivity index (χ3n) is 7.27. The van der Waals surface area contributed by atoms with E-state index in [-0.39, 0.29) is 12.5 Å². The molecule has 2 unspecified atom stereocenters. The number of hydrogen-bond donors (Lipinski definition) is 3. The normalized spacial score (nSPS) is 13.8. The van der Waals surface area contributed by atoms with Crippen LogP contribution in [0.15, 0.2) is 48.6 Å². The molecule has 3 N–H and O–H groups in total. The average molecular weight is 560 g/mol. The van der Waals surface area contributed by atoms with E-state index in [9.17, 15) is 15.0 Å². The number of nitrogens with one attached hydrogen (secondary N) is 1. The van der Waals surface area contributed by atoms with E-state index < -0.39 is 12.1 Å². The van der Waals surface area contributed by atoms with Crippen molar-refractivity contribution in [3.05, 3.63) is 48.6 Å². The fourth-order valence-corrected chi connectivity index (χ4v) is 4.68.